The van der Waals surface area contributed by atoms with Crippen molar-refractivity contribution in [1.29, 1.82) is 0 Å². The normalized spacial score (nSPS) is 28.1. The molecule has 0 aromatic heterocycles. The molecule has 4 heteroatoms. The first-order valence-corrected chi connectivity index (χ1v) is 8.63. The largest absolute Gasteiger partial charge is 0.485 e. The molecule has 1 aromatic rings. The Labute approximate surface area is 132 Å². The lowest BCUT2D eigenvalue weighted by Crippen LogP contribution is -2.51. The van der Waals surface area contributed by atoms with Gasteiger partial charge in [-0.15, -0.1) is 0 Å². The van der Waals surface area contributed by atoms with E-state index >= 15 is 0 Å². The highest BCUT2D eigenvalue weighted by Gasteiger charge is 2.39. The van der Waals surface area contributed by atoms with Crippen LogP contribution in [0.15, 0.2) is 24.3 Å². The van der Waals surface area contributed by atoms with Crippen molar-refractivity contribution in [3.63, 3.8) is 0 Å². The van der Waals surface area contributed by atoms with E-state index in [1.54, 1.807) is 0 Å². The molecule has 3 heterocycles. The van der Waals surface area contributed by atoms with Crippen molar-refractivity contribution in [1.82, 2.24) is 10.2 Å². The molecule has 0 bridgehead atoms. The number of fused-ring (bicyclic) bond motifs is 1. The number of hydrogen-bond donors (Lipinski definition) is 1. The first-order valence-electron chi connectivity index (χ1n) is 8.63. The summed E-state index contributed by atoms with van der Waals surface area (Å²) >= 11 is 0. The maximum absolute atomic E-state index is 6.54. The van der Waals surface area contributed by atoms with Gasteiger partial charge in [0.05, 0.1) is 13.2 Å². The summed E-state index contributed by atoms with van der Waals surface area (Å²) in [5.41, 5.74) is 1.26. The first kappa shape index (κ1) is 14.5. The van der Waals surface area contributed by atoms with Crippen LogP contribution in [0.1, 0.15) is 31.2 Å². The van der Waals surface area contributed by atoms with Gasteiger partial charge in [-0.3, -0.25) is 4.90 Å². The lowest BCUT2D eigenvalue weighted by molar-refractivity contribution is -0.0590. The molecule has 0 saturated carbocycles. The number of nitrogens with one attached hydrogen (secondary N) is 1. The Morgan fingerprint density at radius 2 is 2.09 bits per heavy atom. The maximum atomic E-state index is 6.54. The summed E-state index contributed by atoms with van der Waals surface area (Å²) in [4.78, 5) is 2.60. The third-order valence-electron chi connectivity index (χ3n) is 5.25. The van der Waals surface area contributed by atoms with Crippen molar-refractivity contribution in [3.8, 4) is 5.75 Å². The quantitative estimate of drug-likeness (QED) is 0.908. The molecule has 2 saturated heterocycles. The van der Waals surface area contributed by atoms with Crippen molar-refractivity contribution in [2.45, 2.75) is 43.9 Å². The molecule has 3 aliphatic rings. The molecule has 0 amide bonds. The fourth-order valence-electron chi connectivity index (χ4n) is 4.06. The van der Waals surface area contributed by atoms with E-state index in [1.165, 1.54) is 24.9 Å². The number of ether oxygens (including phenoxy) is 2. The number of para-hydroxylation sites is 1. The zero-order valence-electron chi connectivity index (χ0n) is 13.2. The molecular formula is C18H26N2O2. The van der Waals surface area contributed by atoms with Crippen molar-refractivity contribution < 1.29 is 9.47 Å². The van der Waals surface area contributed by atoms with Gasteiger partial charge in [-0.25, -0.2) is 0 Å². The van der Waals surface area contributed by atoms with Crippen molar-refractivity contribution in [3.05, 3.63) is 29.8 Å². The van der Waals surface area contributed by atoms with Crippen LogP contribution in [0.25, 0.3) is 0 Å². The molecule has 1 unspecified atom stereocenters. The molecule has 1 N–H and O–H groups in total. The summed E-state index contributed by atoms with van der Waals surface area (Å²) in [5, 5.41) is 3.63. The molecule has 2 fully saturated rings. The predicted molar refractivity (Wildman–Crippen MR) is 86.2 cm³/mol. The van der Waals surface area contributed by atoms with Crippen molar-refractivity contribution in [2.75, 3.05) is 32.8 Å². The minimum absolute atomic E-state index is 0.0660. The van der Waals surface area contributed by atoms with Gasteiger partial charge in [-0.05, 0) is 25.5 Å². The molecule has 22 heavy (non-hydrogen) atoms. The van der Waals surface area contributed by atoms with E-state index in [4.69, 9.17) is 9.47 Å². The lowest BCUT2D eigenvalue weighted by Gasteiger charge is -2.39. The van der Waals surface area contributed by atoms with Gasteiger partial charge >= 0.3 is 0 Å². The van der Waals surface area contributed by atoms with E-state index in [9.17, 15) is 0 Å². The Kier molecular flexibility index (Phi) is 4.07. The Morgan fingerprint density at radius 3 is 2.91 bits per heavy atom. The van der Waals surface area contributed by atoms with Gasteiger partial charge in [0.1, 0.15) is 11.4 Å². The maximum Gasteiger partial charge on any atom is 0.126 e. The summed E-state index contributed by atoms with van der Waals surface area (Å²) in [6.45, 7) is 5.94. The molecule has 1 spiro atoms. The number of benzene rings is 1. The second-order valence-electron chi connectivity index (χ2n) is 6.97. The third kappa shape index (κ3) is 3.00. The van der Waals surface area contributed by atoms with Crippen LogP contribution in [-0.2, 0) is 11.3 Å². The molecule has 3 aliphatic heterocycles. The molecule has 4 rings (SSSR count). The van der Waals surface area contributed by atoms with Crippen molar-refractivity contribution >= 4 is 0 Å². The zero-order chi connectivity index (χ0) is 14.8. The van der Waals surface area contributed by atoms with Crippen LogP contribution < -0.4 is 10.1 Å². The van der Waals surface area contributed by atoms with Gasteiger partial charge in [-0.2, -0.15) is 0 Å². The van der Waals surface area contributed by atoms with Gasteiger partial charge in [0.2, 0.25) is 0 Å². The first-order chi connectivity index (χ1) is 10.8. The van der Waals surface area contributed by atoms with Crippen LogP contribution in [0, 0.1) is 0 Å². The fraction of sp³-hybridized carbons (Fsp3) is 0.667. The monoisotopic (exact) mass is 302 g/mol. The average Bonchev–Trinajstić information content (AvgIpc) is 2.97. The third-order valence-corrected chi connectivity index (χ3v) is 5.25. The molecule has 120 valence electrons. The SMILES string of the molecule is c1ccc2c(c1)CN(CC1CCCN1)CC1(CCOCC1)O2. The fourth-order valence-corrected chi connectivity index (χ4v) is 4.06. The van der Waals surface area contributed by atoms with E-state index < -0.39 is 0 Å². The summed E-state index contributed by atoms with van der Waals surface area (Å²) < 4.78 is 12.1. The van der Waals surface area contributed by atoms with Gasteiger partial charge in [0, 0.05) is 44.1 Å². The van der Waals surface area contributed by atoms with Crippen LogP contribution >= 0.6 is 0 Å². The van der Waals surface area contributed by atoms with Gasteiger partial charge < -0.3 is 14.8 Å². The second-order valence-corrected chi connectivity index (χ2v) is 6.97. The summed E-state index contributed by atoms with van der Waals surface area (Å²) in [6, 6.07) is 9.19. The standard InChI is InChI=1S/C18H26N2O2/c1-2-6-17-15(4-1)12-20(13-16-5-3-9-19-16)14-18(22-17)7-10-21-11-8-18/h1-2,4,6,16,19H,3,5,7-14H2. The van der Waals surface area contributed by atoms with E-state index in [2.05, 4.69) is 34.5 Å². The molecule has 0 aliphatic carbocycles. The minimum atomic E-state index is -0.0660. The number of hydrogen-bond acceptors (Lipinski definition) is 4. The van der Waals surface area contributed by atoms with Crippen LogP contribution in [0.5, 0.6) is 5.75 Å². The predicted octanol–water partition coefficient (Wildman–Crippen LogP) is 2.18. The molecule has 4 nitrogen and oxygen atoms in total. The Balaban J connectivity index is 1.58. The van der Waals surface area contributed by atoms with E-state index in [0.717, 1.165) is 51.4 Å². The average molecular weight is 302 g/mol. The Bertz CT molecular complexity index is 508. The van der Waals surface area contributed by atoms with Gasteiger partial charge in [0.15, 0.2) is 0 Å². The van der Waals surface area contributed by atoms with Gasteiger partial charge in [0.25, 0.3) is 0 Å². The van der Waals surface area contributed by atoms with Crippen LogP contribution in [0.2, 0.25) is 0 Å². The molecular weight excluding hydrogens is 276 g/mol. The lowest BCUT2D eigenvalue weighted by atomic mass is 9.93. The van der Waals surface area contributed by atoms with Gasteiger partial charge in [-0.1, -0.05) is 18.2 Å². The number of nitrogens with zero attached hydrogens (tertiary/aromatic N) is 1. The molecule has 0 radical (unpaired) electrons. The highest BCUT2D eigenvalue weighted by atomic mass is 16.5. The van der Waals surface area contributed by atoms with E-state index in [0.29, 0.717) is 6.04 Å². The summed E-state index contributed by atoms with van der Waals surface area (Å²) in [6.07, 6.45) is 4.60. The highest BCUT2D eigenvalue weighted by Crippen LogP contribution is 2.35. The summed E-state index contributed by atoms with van der Waals surface area (Å²) in [7, 11) is 0. The Hall–Kier alpha value is -1.10. The van der Waals surface area contributed by atoms with Crippen LogP contribution in [0.4, 0.5) is 0 Å². The zero-order valence-corrected chi connectivity index (χ0v) is 13.2. The highest BCUT2D eigenvalue weighted by molar-refractivity contribution is 5.35. The van der Waals surface area contributed by atoms with E-state index in [-0.39, 0.29) is 5.60 Å². The topological polar surface area (TPSA) is 33.7 Å². The summed E-state index contributed by atoms with van der Waals surface area (Å²) in [5.74, 6) is 1.08. The smallest absolute Gasteiger partial charge is 0.126 e. The molecule has 1 aromatic carbocycles. The van der Waals surface area contributed by atoms with Crippen LogP contribution in [0.3, 0.4) is 0 Å². The minimum Gasteiger partial charge on any atom is -0.485 e. The van der Waals surface area contributed by atoms with Crippen molar-refractivity contribution in [2.24, 2.45) is 0 Å². The molecule has 1 atom stereocenters. The number of rotatable bonds is 2. The van der Waals surface area contributed by atoms with Crippen LogP contribution in [-0.4, -0.2) is 49.4 Å². The Morgan fingerprint density at radius 1 is 1.23 bits per heavy atom. The second kappa shape index (κ2) is 6.19. The van der Waals surface area contributed by atoms with E-state index in [1.807, 2.05) is 0 Å².